The smallest absolute Gasteiger partial charge is 0.0699 e. The van der Waals surface area contributed by atoms with E-state index in [9.17, 15) is 0 Å². The van der Waals surface area contributed by atoms with Crippen LogP contribution in [0.4, 0.5) is 0 Å². The van der Waals surface area contributed by atoms with Gasteiger partial charge in [0.2, 0.25) is 0 Å². The molecule has 1 aliphatic heterocycles. The normalized spacial score (nSPS) is 25.2. The van der Waals surface area contributed by atoms with Crippen LogP contribution < -0.4 is 11.1 Å². The molecule has 0 aromatic heterocycles. The maximum atomic E-state index is 6.06. The Labute approximate surface area is 93.8 Å². The van der Waals surface area contributed by atoms with Crippen LogP contribution in [0.1, 0.15) is 40.0 Å². The van der Waals surface area contributed by atoms with Gasteiger partial charge >= 0.3 is 0 Å². The fourth-order valence-electron chi connectivity index (χ4n) is 1.67. The van der Waals surface area contributed by atoms with Crippen LogP contribution in [0.5, 0.6) is 0 Å². The first kappa shape index (κ1) is 12.9. The molecule has 0 amide bonds. The molecule has 1 saturated heterocycles. The summed E-state index contributed by atoms with van der Waals surface area (Å²) in [7, 11) is 0. The molecule has 0 saturated carbocycles. The maximum Gasteiger partial charge on any atom is 0.0699 e. The van der Waals surface area contributed by atoms with Gasteiger partial charge in [-0.2, -0.15) is 0 Å². The second kappa shape index (κ2) is 5.83. The van der Waals surface area contributed by atoms with Gasteiger partial charge in [-0.15, -0.1) is 0 Å². The third kappa shape index (κ3) is 4.96. The summed E-state index contributed by atoms with van der Waals surface area (Å²) in [5.74, 6) is 0. The van der Waals surface area contributed by atoms with Gasteiger partial charge < -0.3 is 15.8 Å². The van der Waals surface area contributed by atoms with Crippen LogP contribution in [0, 0.1) is 5.41 Å². The molecule has 90 valence electrons. The van der Waals surface area contributed by atoms with Crippen molar-refractivity contribution in [3.8, 4) is 0 Å². The van der Waals surface area contributed by atoms with Gasteiger partial charge in [-0.1, -0.05) is 20.8 Å². The van der Waals surface area contributed by atoms with Crippen LogP contribution in [0.2, 0.25) is 0 Å². The number of nitrogens with two attached hydrogens (primary N) is 1. The van der Waals surface area contributed by atoms with Crippen LogP contribution in [-0.4, -0.2) is 31.8 Å². The Kier molecular flexibility index (Phi) is 5.03. The first-order valence-corrected chi connectivity index (χ1v) is 6.08. The van der Waals surface area contributed by atoms with E-state index in [0.29, 0.717) is 6.10 Å². The van der Waals surface area contributed by atoms with Crippen LogP contribution in [0.3, 0.4) is 0 Å². The SMILES string of the molecule is CC(C)(C)C(N)CNCC1CCCCO1. The molecular weight excluding hydrogens is 188 g/mol. The summed E-state index contributed by atoms with van der Waals surface area (Å²) in [5.41, 5.74) is 6.24. The topological polar surface area (TPSA) is 47.3 Å². The van der Waals surface area contributed by atoms with E-state index in [1.807, 2.05) is 0 Å². The summed E-state index contributed by atoms with van der Waals surface area (Å²) in [5, 5.41) is 3.41. The zero-order chi connectivity index (χ0) is 11.3. The fourth-order valence-corrected chi connectivity index (χ4v) is 1.67. The monoisotopic (exact) mass is 214 g/mol. The molecule has 0 bridgehead atoms. The highest BCUT2D eigenvalue weighted by Crippen LogP contribution is 2.16. The molecule has 0 aromatic carbocycles. The third-order valence-electron chi connectivity index (χ3n) is 3.12. The molecule has 1 aliphatic rings. The van der Waals surface area contributed by atoms with Gasteiger partial charge in [0, 0.05) is 25.7 Å². The van der Waals surface area contributed by atoms with Crippen molar-refractivity contribution in [3.05, 3.63) is 0 Å². The summed E-state index contributed by atoms with van der Waals surface area (Å²) in [6.45, 7) is 9.29. The van der Waals surface area contributed by atoms with Gasteiger partial charge in [0.05, 0.1) is 6.10 Å². The molecule has 0 aliphatic carbocycles. The minimum Gasteiger partial charge on any atom is -0.377 e. The van der Waals surface area contributed by atoms with Crippen molar-refractivity contribution in [3.63, 3.8) is 0 Å². The quantitative estimate of drug-likeness (QED) is 0.746. The minimum absolute atomic E-state index is 0.181. The number of hydrogen-bond donors (Lipinski definition) is 2. The molecule has 1 rings (SSSR count). The first-order valence-electron chi connectivity index (χ1n) is 6.08. The maximum absolute atomic E-state index is 6.06. The van der Waals surface area contributed by atoms with Crippen molar-refractivity contribution in [2.24, 2.45) is 11.1 Å². The molecule has 15 heavy (non-hydrogen) atoms. The molecule has 1 heterocycles. The van der Waals surface area contributed by atoms with Crippen molar-refractivity contribution in [1.82, 2.24) is 5.32 Å². The Morgan fingerprint density at radius 1 is 1.40 bits per heavy atom. The van der Waals surface area contributed by atoms with E-state index < -0.39 is 0 Å². The number of rotatable bonds is 4. The molecule has 1 fully saturated rings. The Morgan fingerprint density at radius 3 is 2.67 bits per heavy atom. The summed E-state index contributed by atoms with van der Waals surface area (Å²) >= 11 is 0. The van der Waals surface area contributed by atoms with Crippen LogP contribution >= 0.6 is 0 Å². The summed E-state index contributed by atoms with van der Waals surface area (Å²) in [6.07, 6.45) is 4.12. The lowest BCUT2D eigenvalue weighted by atomic mass is 9.87. The van der Waals surface area contributed by atoms with Gasteiger partial charge in [-0.05, 0) is 24.7 Å². The number of nitrogens with one attached hydrogen (secondary N) is 1. The Hall–Kier alpha value is -0.120. The second-order valence-electron chi connectivity index (χ2n) is 5.62. The van der Waals surface area contributed by atoms with Crippen molar-refractivity contribution in [2.75, 3.05) is 19.7 Å². The highest BCUT2D eigenvalue weighted by atomic mass is 16.5. The average molecular weight is 214 g/mol. The molecule has 3 N–H and O–H groups in total. The Morgan fingerprint density at radius 2 is 2.13 bits per heavy atom. The first-order chi connectivity index (χ1) is 7.00. The summed E-state index contributed by atoms with van der Waals surface area (Å²) in [6, 6.07) is 0.209. The van der Waals surface area contributed by atoms with Crippen molar-refractivity contribution < 1.29 is 4.74 Å². The summed E-state index contributed by atoms with van der Waals surface area (Å²) < 4.78 is 5.64. The minimum atomic E-state index is 0.181. The molecule has 3 heteroatoms. The van der Waals surface area contributed by atoms with Gasteiger partial charge in [0.15, 0.2) is 0 Å². The second-order valence-corrected chi connectivity index (χ2v) is 5.62. The van der Waals surface area contributed by atoms with E-state index >= 15 is 0 Å². The van der Waals surface area contributed by atoms with Crippen molar-refractivity contribution in [2.45, 2.75) is 52.2 Å². The van der Waals surface area contributed by atoms with Gasteiger partial charge in [-0.3, -0.25) is 0 Å². The van der Waals surface area contributed by atoms with E-state index in [1.165, 1.54) is 19.3 Å². The van der Waals surface area contributed by atoms with Gasteiger partial charge in [0.25, 0.3) is 0 Å². The van der Waals surface area contributed by atoms with Crippen molar-refractivity contribution >= 4 is 0 Å². The Balaban J connectivity index is 2.10. The lowest BCUT2D eigenvalue weighted by Gasteiger charge is -2.29. The highest BCUT2D eigenvalue weighted by molar-refractivity contribution is 4.79. The predicted molar refractivity (Wildman–Crippen MR) is 63.9 cm³/mol. The van der Waals surface area contributed by atoms with E-state index in [1.54, 1.807) is 0 Å². The molecular formula is C12H26N2O. The van der Waals surface area contributed by atoms with Gasteiger partial charge in [0.1, 0.15) is 0 Å². The molecule has 2 atom stereocenters. The predicted octanol–water partition coefficient (Wildman–Crippen LogP) is 1.52. The molecule has 2 unspecified atom stereocenters. The largest absolute Gasteiger partial charge is 0.377 e. The van der Waals surface area contributed by atoms with Crippen LogP contribution in [0.15, 0.2) is 0 Å². The zero-order valence-electron chi connectivity index (χ0n) is 10.4. The van der Waals surface area contributed by atoms with Crippen LogP contribution in [-0.2, 0) is 4.74 Å². The van der Waals surface area contributed by atoms with Gasteiger partial charge in [-0.25, -0.2) is 0 Å². The Bertz CT molecular complexity index is 171. The average Bonchev–Trinajstić information content (AvgIpc) is 2.18. The van der Waals surface area contributed by atoms with E-state index in [0.717, 1.165) is 19.7 Å². The van der Waals surface area contributed by atoms with E-state index in [4.69, 9.17) is 10.5 Å². The van der Waals surface area contributed by atoms with Crippen molar-refractivity contribution in [1.29, 1.82) is 0 Å². The lowest BCUT2D eigenvalue weighted by Crippen LogP contribution is -2.45. The molecule has 0 aromatic rings. The molecule has 3 nitrogen and oxygen atoms in total. The zero-order valence-corrected chi connectivity index (χ0v) is 10.4. The fraction of sp³-hybridized carbons (Fsp3) is 1.00. The van der Waals surface area contributed by atoms with E-state index in [-0.39, 0.29) is 11.5 Å². The van der Waals surface area contributed by atoms with E-state index in [2.05, 4.69) is 26.1 Å². The molecule has 0 spiro atoms. The standard InChI is InChI=1S/C12H26N2O/c1-12(2,3)11(13)9-14-8-10-6-4-5-7-15-10/h10-11,14H,4-9,13H2,1-3H3. The summed E-state index contributed by atoms with van der Waals surface area (Å²) in [4.78, 5) is 0. The van der Waals surface area contributed by atoms with Crippen LogP contribution in [0.25, 0.3) is 0 Å². The lowest BCUT2D eigenvalue weighted by molar-refractivity contribution is 0.0164. The number of hydrogen-bond acceptors (Lipinski definition) is 3. The third-order valence-corrected chi connectivity index (χ3v) is 3.12. The molecule has 0 radical (unpaired) electrons. The number of ether oxygens (including phenoxy) is 1. The highest BCUT2D eigenvalue weighted by Gasteiger charge is 2.20.